The lowest BCUT2D eigenvalue weighted by atomic mass is 10.1. The van der Waals surface area contributed by atoms with E-state index in [1.165, 1.54) is 24.1 Å². The van der Waals surface area contributed by atoms with Crippen molar-refractivity contribution in [3.63, 3.8) is 0 Å². The summed E-state index contributed by atoms with van der Waals surface area (Å²) in [6.45, 7) is 3.47. The molecular formula is C17H18ClN3O4S. The van der Waals surface area contributed by atoms with E-state index in [1.807, 2.05) is 12.1 Å². The molecule has 0 aliphatic carbocycles. The number of ether oxygens (including phenoxy) is 1. The van der Waals surface area contributed by atoms with Gasteiger partial charge in [0.25, 0.3) is 5.91 Å². The van der Waals surface area contributed by atoms with Gasteiger partial charge in [0.05, 0.1) is 16.4 Å². The summed E-state index contributed by atoms with van der Waals surface area (Å²) in [5.74, 6) is -0.0550. The molecule has 1 saturated heterocycles. The number of rotatable bonds is 5. The van der Waals surface area contributed by atoms with Gasteiger partial charge in [0.1, 0.15) is 0 Å². The highest BCUT2D eigenvalue weighted by Crippen LogP contribution is 2.28. The lowest BCUT2D eigenvalue weighted by Crippen LogP contribution is -2.48. The van der Waals surface area contributed by atoms with Crippen molar-refractivity contribution in [3.05, 3.63) is 55.2 Å². The number of hydrogen-bond donors (Lipinski definition) is 0. The number of methoxy groups -OCH3 is 1. The molecule has 0 spiro atoms. The van der Waals surface area contributed by atoms with Crippen LogP contribution in [0.3, 0.4) is 0 Å². The first-order valence-electron chi connectivity index (χ1n) is 8.06. The summed E-state index contributed by atoms with van der Waals surface area (Å²) in [6, 6.07) is 8.20. The van der Waals surface area contributed by atoms with E-state index in [1.54, 1.807) is 22.3 Å². The number of benzene rings is 1. The van der Waals surface area contributed by atoms with E-state index in [0.717, 1.165) is 24.0 Å². The maximum atomic E-state index is 12.7. The minimum absolute atomic E-state index is 0.144. The van der Waals surface area contributed by atoms with E-state index < -0.39 is 4.92 Å². The van der Waals surface area contributed by atoms with Crippen LogP contribution >= 0.6 is 22.9 Å². The highest BCUT2D eigenvalue weighted by molar-refractivity contribution is 7.16. The normalized spacial score (nSPS) is 15.1. The SMILES string of the molecule is COc1ccc(C(=O)N2CCN(Cc3ccc(Cl)s3)CC2)cc1[N+](=O)[O-]. The number of thiophene rings is 1. The predicted molar refractivity (Wildman–Crippen MR) is 100 cm³/mol. The Morgan fingerprint density at radius 3 is 2.58 bits per heavy atom. The zero-order valence-corrected chi connectivity index (χ0v) is 15.8. The molecule has 1 aliphatic rings. The third kappa shape index (κ3) is 4.14. The van der Waals surface area contributed by atoms with Crippen LogP contribution in [0.4, 0.5) is 5.69 Å². The van der Waals surface area contributed by atoms with Gasteiger partial charge in [0.2, 0.25) is 0 Å². The number of amides is 1. The average Bonchev–Trinajstić information content (AvgIpc) is 3.06. The monoisotopic (exact) mass is 395 g/mol. The summed E-state index contributed by atoms with van der Waals surface area (Å²) in [5, 5.41) is 11.1. The minimum Gasteiger partial charge on any atom is -0.490 e. The van der Waals surface area contributed by atoms with Crippen LogP contribution in [0.15, 0.2) is 30.3 Å². The maximum absolute atomic E-state index is 12.7. The molecule has 1 aromatic heterocycles. The molecule has 1 aliphatic heterocycles. The summed E-state index contributed by atoms with van der Waals surface area (Å²) in [4.78, 5) is 28.5. The van der Waals surface area contributed by atoms with Crippen molar-refractivity contribution in [2.24, 2.45) is 0 Å². The molecule has 0 radical (unpaired) electrons. The molecule has 26 heavy (non-hydrogen) atoms. The van der Waals surface area contributed by atoms with Gasteiger partial charge < -0.3 is 9.64 Å². The summed E-state index contributed by atoms with van der Waals surface area (Å²) in [6.07, 6.45) is 0. The highest BCUT2D eigenvalue weighted by Gasteiger charge is 2.25. The van der Waals surface area contributed by atoms with E-state index >= 15 is 0 Å². The van der Waals surface area contributed by atoms with Crippen LogP contribution < -0.4 is 4.74 Å². The second-order valence-electron chi connectivity index (χ2n) is 5.92. The quantitative estimate of drug-likeness (QED) is 0.573. The van der Waals surface area contributed by atoms with E-state index in [4.69, 9.17) is 16.3 Å². The van der Waals surface area contributed by atoms with Crippen LogP contribution in [0.5, 0.6) is 5.75 Å². The first-order chi connectivity index (χ1) is 12.5. The fraction of sp³-hybridized carbons (Fsp3) is 0.353. The van der Waals surface area contributed by atoms with Gasteiger partial charge in [-0.1, -0.05) is 11.6 Å². The van der Waals surface area contributed by atoms with E-state index in [0.29, 0.717) is 18.7 Å². The lowest BCUT2D eigenvalue weighted by Gasteiger charge is -2.34. The molecule has 0 unspecified atom stereocenters. The molecule has 138 valence electrons. The Morgan fingerprint density at radius 1 is 1.27 bits per heavy atom. The number of hydrogen-bond acceptors (Lipinski definition) is 6. The third-order valence-corrected chi connectivity index (χ3v) is 5.51. The summed E-state index contributed by atoms with van der Waals surface area (Å²) < 4.78 is 5.75. The number of halogens is 1. The van der Waals surface area contributed by atoms with Crippen molar-refractivity contribution in [2.75, 3.05) is 33.3 Å². The highest BCUT2D eigenvalue weighted by atomic mass is 35.5. The molecule has 0 bridgehead atoms. The molecule has 1 amide bonds. The second kappa shape index (κ2) is 8.03. The molecule has 7 nitrogen and oxygen atoms in total. The van der Waals surface area contributed by atoms with Crippen molar-refractivity contribution in [1.29, 1.82) is 0 Å². The Bertz CT molecular complexity index is 818. The average molecular weight is 396 g/mol. The van der Waals surface area contributed by atoms with Crippen molar-refractivity contribution in [1.82, 2.24) is 9.80 Å². The smallest absolute Gasteiger partial charge is 0.311 e. The Hall–Kier alpha value is -2.16. The predicted octanol–water partition coefficient (Wildman–Crippen LogP) is 3.28. The number of nitro groups is 1. The van der Waals surface area contributed by atoms with Gasteiger partial charge in [-0.15, -0.1) is 11.3 Å². The van der Waals surface area contributed by atoms with Crippen molar-refractivity contribution < 1.29 is 14.5 Å². The molecule has 1 fully saturated rings. The first kappa shape index (κ1) is 18.6. The van der Waals surface area contributed by atoms with Gasteiger partial charge in [-0.2, -0.15) is 0 Å². The maximum Gasteiger partial charge on any atom is 0.311 e. The van der Waals surface area contributed by atoms with Crippen molar-refractivity contribution >= 4 is 34.5 Å². The fourth-order valence-electron chi connectivity index (χ4n) is 2.91. The van der Waals surface area contributed by atoms with Crippen molar-refractivity contribution in [3.8, 4) is 5.75 Å². The standard InChI is InChI=1S/C17H18ClN3O4S/c1-25-15-4-2-12(10-14(15)21(23)24)17(22)20-8-6-19(7-9-20)11-13-3-5-16(18)26-13/h2-5,10H,6-9,11H2,1H3. The van der Waals surface area contributed by atoms with Crippen LogP contribution in [-0.4, -0.2) is 53.9 Å². The molecule has 0 atom stereocenters. The second-order valence-corrected chi connectivity index (χ2v) is 7.72. The molecule has 0 saturated carbocycles. The minimum atomic E-state index is -0.542. The third-order valence-electron chi connectivity index (χ3n) is 4.29. The summed E-state index contributed by atoms with van der Waals surface area (Å²) >= 11 is 7.52. The number of nitro benzene ring substituents is 1. The number of nitrogens with zero attached hydrogens (tertiary/aromatic N) is 3. The topological polar surface area (TPSA) is 75.9 Å². The van der Waals surface area contributed by atoms with Gasteiger partial charge in [0.15, 0.2) is 5.75 Å². The van der Waals surface area contributed by atoms with Crippen LogP contribution in [0.2, 0.25) is 4.34 Å². The number of carbonyl (C=O) groups is 1. The molecule has 2 heterocycles. The molecule has 0 N–H and O–H groups in total. The van der Waals surface area contributed by atoms with Gasteiger partial charge in [0, 0.05) is 49.2 Å². The van der Waals surface area contributed by atoms with Gasteiger partial charge in [-0.25, -0.2) is 0 Å². The number of piperazine rings is 1. The Kier molecular flexibility index (Phi) is 5.75. The van der Waals surface area contributed by atoms with Crippen LogP contribution in [-0.2, 0) is 6.54 Å². The van der Waals surface area contributed by atoms with Crippen LogP contribution in [0.1, 0.15) is 15.2 Å². The Balaban J connectivity index is 1.63. The van der Waals surface area contributed by atoms with Crippen LogP contribution in [0.25, 0.3) is 0 Å². The van der Waals surface area contributed by atoms with E-state index in [-0.39, 0.29) is 17.3 Å². The molecule has 2 aromatic rings. The van der Waals surface area contributed by atoms with Crippen LogP contribution in [0, 0.1) is 10.1 Å². The molecule has 9 heteroatoms. The van der Waals surface area contributed by atoms with Gasteiger partial charge in [-0.3, -0.25) is 19.8 Å². The zero-order chi connectivity index (χ0) is 18.7. The lowest BCUT2D eigenvalue weighted by molar-refractivity contribution is -0.385. The molecular weight excluding hydrogens is 378 g/mol. The van der Waals surface area contributed by atoms with Crippen molar-refractivity contribution in [2.45, 2.75) is 6.54 Å². The van der Waals surface area contributed by atoms with E-state index in [9.17, 15) is 14.9 Å². The summed E-state index contributed by atoms with van der Waals surface area (Å²) in [7, 11) is 1.36. The largest absolute Gasteiger partial charge is 0.490 e. The van der Waals surface area contributed by atoms with Gasteiger partial charge in [-0.05, 0) is 24.3 Å². The fourth-order valence-corrected chi connectivity index (χ4v) is 4.04. The molecule has 3 rings (SSSR count). The summed E-state index contributed by atoms with van der Waals surface area (Å²) in [5.41, 5.74) is 0.0996. The van der Waals surface area contributed by atoms with Gasteiger partial charge >= 0.3 is 5.69 Å². The first-order valence-corrected chi connectivity index (χ1v) is 9.25. The Morgan fingerprint density at radius 2 is 2.00 bits per heavy atom. The zero-order valence-electron chi connectivity index (χ0n) is 14.2. The van der Waals surface area contributed by atoms with E-state index in [2.05, 4.69) is 4.90 Å². The number of carbonyl (C=O) groups excluding carboxylic acids is 1. The Labute approximate surface area is 159 Å². The molecule has 1 aromatic carbocycles.